The number of carbonyl (C=O) groups is 2. The molecule has 0 unspecified atom stereocenters. The molecule has 0 saturated carbocycles. The molecule has 138 valence electrons. The minimum absolute atomic E-state index is 0.0368. The number of benzene rings is 2. The van der Waals surface area contributed by atoms with Crippen molar-refractivity contribution in [1.82, 2.24) is 0 Å². The molecule has 1 N–H and O–H groups in total. The molecule has 0 fully saturated rings. The normalized spacial score (nSPS) is 10.9. The van der Waals surface area contributed by atoms with Gasteiger partial charge in [-0.1, -0.05) is 23.2 Å². The number of carbonyl (C=O) groups excluding carboxylic acids is 2. The van der Waals surface area contributed by atoms with Crippen LogP contribution in [0.15, 0.2) is 41.3 Å². The Hall–Kier alpha value is -2.29. The first-order valence-corrected chi connectivity index (χ1v) is 9.21. The lowest BCUT2D eigenvalue weighted by Crippen LogP contribution is -2.15. The van der Waals surface area contributed by atoms with Crippen molar-refractivity contribution in [3.63, 3.8) is 0 Å². The van der Waals surface area contributed by atoms with Gasteiger partial charge in [0, 0.05) is 5.02 Å². The lowest BCUT2D eigenvalue weighted by molar-refractivity contribution is 0.0599. The molecule has 0 atom stereocenters. The van der Waals surface area contributed by atoms with Gasteiger partial charge in [-0.15, -0.1) is 0 Å². The standard InChI is InChI=1S/C16H13Cl2NO6S/c1-24-15(20)9-5-10(16(21)25-2)7-12(6-9)19-26(22,23)14-8-11(17)3-4-13(14)18/h3-8,19H,1-2H3. The van der Waals surface area contributed by atoms with Crippen LogP contribution in [-0.2, 0) is 19.5 Å². The van der Waals surface area contributed by atoms with Crippen LogP contribution in [0.4, 0.5) is 5.69 Å². The predicted molar refractivity (Wildman–Crippen MR) is 96.4 cm³/mol. The molecular formula is C16H13Cl2NO6S. The van der Waals surface area contributed by atoms with Gasteiger partial charge < -0.3 is 9.47 Å². The molecule has 0 aliphatic rings. The van der Waals surface area contributed by atoms with Gasteiger partial charge in [-0.3, -0.25) is 4.72 Å². The van der Waals surface area contributed by atoms with Crippen LogP contribution in [0.1, 0.15) is 20.7 Å². The third-order valence-electron chi connectivity index (χ3n) is 3.21. The van der Waals surface area contributed by atoms with Crippen LogP contribution in [0.3, 0.4) is 0 Å². The molecule has 0 aliphatic carbocycles. The third-order valence-corrected chi connectivity index (χ3v) is 5.31. The monoisotopic (exact) mass is 417 g/mol. The summed E-state index contributed by atoms with van der Waals surface area (Å²) in [5, 5.41) is 0.132. The molecule has 0 aliphatic heterocycles. The van der Waals surface area contributed by atoms with Gasteiger partial charge in [-0.25, -0.2) is 18.0 Å². The third kappa shape index (κ3) is 4.46. The maximum atomic E-state index is 12.6. The van der Waals surface area contributed by atoms with Gasteiger partial charge in [0.05, 0.1) is 36.1 Å². The van der Waals surface area contributed by atoms with Crippen LogP contribution >= 0.6 is 23.2 Å². The topological polar surface area (TPSA) is 98.8 Å². The number of halogens is 2. The Labute approximate surface area is 159 Å². The van der Waals surface area contributed by atoms with E-state index >= 15 is 0 Å². The second kappa shape index (κ2) is 7.94. The molecule has 2 aromatic carbocycles. The van der Waals surface area contributed by atoms with Crippen LogP contribution in [-0.4, -0.2) is 34.6 Å². The summed E-state index contributed by atoms with van der Waals surface area (Å²) in [4.78, 5) is 23.3. The highest BCUT2D eigenvalue weighted by Gasteiger charge is 2.21. The molecule has 0 spiro atoms. The molecule has 0 aromatic heterocycles. The van der Waals surface area contributed by atoms with Crippen molar-refractivity contribution in [2.24, 2.45) is 0 Å². The highest BCUT2D eigenvalue weighted by Crippen LogP contribution is 2.27. The smallest absolute Gasteiger partial charge is 0.337 e. The zero-order valence-electron chi connectivity index (χ0n) is 13.6. The summed E-state index contributed by atoms with van der Waals surface area (Å²) in [6.45, 7) is 0. The number of sulfonamides is 1. The Morgan fingerprint density at radius 2 is 1.46 bits per heavy atom. The quantitative estimate of drug-likeness (QED) is 0.748. The molecule has 0 bridgehead atoms. The lowest BCUT2D eigenvalue weighted by Gasteiger charge is -2.12. The van der Waals surface area contributed by atoms with E-state index in [1.54, 1.807) is 0 Å². The van der Waals surface area contributed by atoms with E-state index in [0.29, 0.717) is 0 Å². The highest BCUT2D eigenvalue weighted by molar-refractivity contribution is 7.92. The number of hydrogen-bond donors (Lipinski definition) is 1. The van der Waals surface area contributed by atoms with Crippen LogP contribution in [0.25, 0.3) is 0 Å². The zero-order chi connectivity index (χ0) is 19.5. The molecule has 26 heavy (non-hydrogen) atoms. The Balaban J connectivity index is 2.52. The van der Waals surface area contributed by atoms with E-state index in [2.05, 4.69) is 14.2 Å². The van der Waals surface area contributed by atoms with E-state index < -0.39 is 22.0 Å². The Kier molecular flexibility index (Phi) is 6.12. The summed E-state index contributed by atoms with van der Waals surface area (Å²) >= 11 is 11.8. The van der Waals surface area contributed by atoms with Gasteiger partial charge in [-0.05, 0) is 36.4 Å². The second-order valence-corrected chi connectivity index (χ2v) is 7.46. The number of ether oxygens (including phenoxy) is 2. The molecule has 0 heterocycles. The van der Waals surface area contributed by atoms with E-state index in [1.165, 1.54) is 36.4 Å². The van der Waals surface area contributed by atoms with Gasteiger partial charge in [0.1, 0.15) is 4.90 Å². The SMILES string of the molecule is COC(=O)c1cc(NS(=O)(=O)c2cc(Cl)ccc2Cl)cc(C(=O)OC)c1. The molecule has 0 radical (unpaired) electrons. The van der Waals surface area contributed by atoms with Crippen LogP contribution in [0.2, 0.25) is 10.0 Å². The van der Waals surface area contributed by atoms with Crippen LogP contribution in [0, 0.1) is 0 Å². The Morgan fingerprint density at radius 1 is 0.923 bits per heavy atom. The zero-order valence-corrected chi connectivity index (χ0v) is 15.9. The van der Waals surface area contributed by atoms with Crippen LogP contribution in [0.5, 0.6) is 0 Å². The first-order chi connectivity index (χ1) is 12.2. The average Bonchev–Trinajstić information content (AvgIpc) is 2.61. The summed E-state index contributed by atoms with van der Waals surface area (Å²) in [5.74, 6) is -1.51. The van der Waals surface area contributed by atoms with Crippen molar-refractivity contribution in [2.75, 3.05) is 18.9 Å². The van der Waals surface area contributed by atoms with Crippen molar-refractivity contribution in [2.45, 2.75) is 4.90 Å². The number of nitrogens with one attached hydrogen (secondary N) is 1. The molecule has 0 amide bonds. The molecule has 2 aromatic rings. The Morgan fingerprint density at radius 3 is 1.96 bits per heavy atom. The fraction of sp³-hybridized carbons (Fsp3) is 0.125. The number of esters is 2. The van der Waals surface area contributed by atoms with Gasteiger partial charge in [-0.2, -0.15) is 0 Å². The molecule has 0 saturated heterocycles. The summed E-state index contributed by atoms with van der Waals surface area (Å²) in [5.41, 5.74) is -0.125. The maximum absolute atomic E-state index is 12.6. The molecule has 7 nitrogen and oxygen atoms in total. The van der Waals surface area contributed by atoms with Gasteiger partial charge in [0.15, 0.2) is 0 Å². The second-order valence-electron chi connectivity index (χ2n) is 4.96. The van der Waals surface area contributed by atoms with Crippen molar-refractivity contribution in [1.29, 1.82) is 0 Å². The maximum Gasteiger partial charge on any atom is 0.337 e. The molecular weight excluding hydrogens is 405 g/mol. The number of anilines is 1. The summed E-state index contributed by atoms with van der Waals surface area (Å²) in [6.07, 6.45) is 0. The van der Waals surface area contributed by atoms with E-state index in [-0.39, 0.29) is 31.8 Å². The molecule has 2 rings (SSSR count). The highest BCUT2D eigenvalue weighted by atomic mass is 35.5. The van der Waals surface area contributed by atoms with Gasteiger partial charge in [0.2, 0.25) is 0 Å². The number of rotatable bonds is 5. The first-order valence-electron chi connectivity index (χ1n) is 6.97. The first kappa shape index (κ1) is 20.0. The Bertz CT molecular complexity index is 940. The van der Waals surface area contributed by atoms with Crippen molar-refractivity contribution in [3.8, 4) is 0 Å². The van der Waals surface area contributed by atoms with Crippen LogP contribution < -0.4 is 4.72 Å². The minimum atomic E-state index is -4.14. The minimum Gasteiger partial charge on any atom is -0.465 e. The van der Waals surface area contributed by atoms with Gasteiger partial charge in [0.25, 0.3) is 10.0 Å². The lowest BCUT2D eigenvalue weighted by atomic mass is 10.1. The predicted octanol–water partition coefficient (Wildman–Crippen LogP) is 3.37. The van der Waals surface area contributed by atoms with E-state index in [1.807, 2.05) is 0 Å². The number of methoxy groups -OCH3 is 2. The fourth-order valence-electron chi connectivity index (χ4n) is 2.05. The van der Waals surface area contributed by atoms with Crippen molar-refractivity contribution in [3.05, 3.63) is 57.6 Å². The summed E-state index contributed by atoms with van der Waals surface area (Å²) in [7, 11) is -1.82. The van der Waals surface area contributed by atoms with E-state index in [9.17, 15) is 18.0 Å². The summed E-state index contributed by atoms with van der Waals surface area (Å²) < 4.78 is 36.6. The molecule has 10 heteroatoms. The van der Waals surface area contributed by atoms with Crippen molar-refractivity contribution < 1.29 is 27.5 Å². The van der Waals surface area contributed by atoms with E-state index in [0.717, 1.165) is 14.2 Å². The summed E-state index contributed by atoms with van der Waals surface area (Å²) in [6, 6.07) is 7.61. The van der Waals surface area contributed by atoms with Gasteiger partial charge >= 0.3 is 11.9 Å². The van der Waals surface area contributed by atoms with Crippen molar-refractivity contribution >= 4 is 50.9 Å². The largest absolute Gasteiger partial charge is 0.465 e. The number of hydrogen-bond acceptors (Lipinski definition) is 6. The van der Waals surface area contributed by atoms with E-state index in [4.69, 9.17) is 23.2 Å². The fourth-order valence-corrected chi connectivity index (χ4v) is 3.86. The average molecular weight is 418 g/mol.